The second-order valence-corrected chi connectivity index (χ2v) is 6.15. The van der Waals surface area contributed by atoms with E-state index in [1.807, 2.05) is 25.1 Å². The van der Waals surface area contributed by atoms with E-state index in [1.54, 1.807) is 36.5 Å². The molecule has 0 fully saturated rings. The second-order valence-electron chi connectivity index (χ2n) is 6.15. The molecule has 1 aromatic carbocycles. The third kappa shape index (κ3) is 4.12. The highest BCUT2D eigenvalue weighted by Crippen LogP contribution is 2.31. The van der Waals surface area contributed by atoms with Crippen molar-refractivity contribution in [3.63, 3.8) is 0 Å². The summed E-state index contributed by atoms with van der Waals surface area (Å²) in [5.74, 6) is 0.246. The number of carboxylic acid groups (broad SMARTS) is 1. The van der Waals surface area contributed by atoms with E-state index in [4.69, 9.17) is 9.26 Å². The summed E-state index contributed by atoms with van der Waals surface area (Å²) in [6.45, 7) is 2.07. The molecule has 2 aromatic heterocycles. The number of ether oxygens (including phenoxy) is 1. The first-order valence-corrected chi connectivity index (χ1v) is 8.30. The zero-order chi connectivity index (χ0) is 19.4. The molecule has 140 valence electrons. The number of methoxy groups -OCH3 is 1. The molecular weight excluding hydrogens is 348 g/mol. The van der Waals surface area contributed by atoms with Crippen molar-refractivity contribution in [2.24, 2.45) is 0 Å². The topological polar surface area (TPSA) is 102 Å². The van der Waals surface area contributed by atoms with E-state index in [1.165, 1.54) is 7.11 Å². The van der Waals surface area contributed by atoms with Crippen LogP contribution in [0.5, 0.6) is 5.75 Å². The van der Waals surface area contributed by atoms with Gasteiger partial charge in [0.15, 0.2) is 0 Å². The number of nitrogens with zero attached hydrogens (tertiary/aromatic N) is 4. The highest BCUT2D eigenvalue weighted by atomic mass is 16.5. The largest absolute Gasteiger partial charge is 0.496 e. The lowest BCUT2D eigenvalue weighted by Gasteiger charge is -2.25. The smallest absolute Gasteiger partial charge is 0.325 e. The van der Waals surface area contributed by atoms with E-state index < -0.39 is 12.0 Å². The van der Waals surface area contributed by atoms with Crippen LogP contribution in [-0.2, 0) is 11.3 Å². The summed E-state index contributed by atoms with van der Waals surface area (Å²) < 4.78 is 10.6. The Morgan fingerprint density at radius 3 is 2.85 bits per heavy atom. The Kier molecular flexibility index (Phi) is 5.46. The molecular formula is C19H20N4O4. The molecule has 8 nitrogen and oxygen atoms in total. The predicted molar refractivity (Wildman–Crippen MR) is 97.1 cm³/mol. The molecule has 2 heterocycles. The van der Waals surface area contributed by atoms with Crippen LogP contribution in [0.3, 0.4) is 0 Å². The zero-order valence-corrected chi connectivity index (χ0v) is 15.3. The SMILES string of the molecule is COc1ccc(C)cc1[C@@H](C(=O)O)N(C)Cc1nc(-c2cccnc2)no1. The maximum absolute atomic E-state index is 12.0. The quantitative estimate of drug-likeness (QED) is 0.679. The molecule has 0 amide bonds. The Balaban J connectivity index is 1.85. The highest BCUT2D eigenvalue weighted by molar-refractivity contribution is 5.76. The van der Waals surface area contributed by atoms with E-state index in [-0.39, 0.29) is 6.54 Å². The minimum atomic E-state index is -0.992. The zero-order valence-electron chi connectivity index (χ0n) is 15.3. The number of rotatable bonds is 7. The Hall–Kier alpha value is -3.26. The molecule has 0 aliphatic heterocycles. The van der Waals surface area contributed by atoms with E-state index >= 15 is 0 Å². The van der Waals surface area contributed by atoms with Gasteiger partial charge in [0.2, 0.25) is 11.7 Å². The predicted octanol–water partition coefficient (Wildman–Crippen LogP) is 2.71. The Morgan fingerprint density at radius 1 is 1.37 bits per heavy atom. The lowest BCUT2D eigenvalue weighted by molar-refractivity contribution is -0.143. The van der Waals surface area contributed by atoms with Crippen LogP contribution in [0.15, 0.2) is 47.2 Å². The average molecular weight is 368 g/mol. The van der Waals surface area contributed by atoms with Gasteiger partial charge >= 0.3 is 5.97 Å². The molecule has 3 aromatic rings. The van der Waals surface area contributed by atoms with Gasteiger partial charge in [0.1, 0.15) is 11.8 Å². The van der Waals surface area contributed by atoms with Crippen molar-refractivity contribution >= 4 is 5.97 Å². The van der Waals surface area contributed by atoms with Gasteiger partial charge in [-0.3, -0.25) is 14.7 Å². The van der Waals surface area contributed by atoms with Crippen LogP contribution in [0, 0.1) is 6.92 Å². The van der Waals surface area contributed by atoms with Crippen molar-refractivity contribution in [3.8, 4) is 17.1 Å². The first kappa shape index (κ1) is 18.5. The fourth-order valence-electron chi connectivity index (χ4n) is 2.86. The van der Waals surface area contributed by atoms with Gasteiger partial charge in [-0.1, -0.05) is 22.9 Å². The number of likely N-dealkylation sites (N-methyl/N-ethyl adjacent to an activating group) is 1. The van der Waals surface area contributed by atoms with Gasteiger partial charge < -0.3 is 14.4 Å². The fourth-order valence-corrected chi connectivity index (χ4v) is 2.86. The van der Waals surface area contributed by atoms with Crippen LogP contribution >= 0.6 is 0 Å². The van der Waals surface area contributed by atoms with Crippen LogP contribution in [0.4, 0.5) is 0 Å². The van der Waals surface area contributed by atoms with Crippen LogP contribution in [0.1, 0.15) is 23.1 Å². The lowest BCUT2D eigenvalue weighted by atomic mass is 10.0. The molecule has 0 saturated heterocycles. The van der Waals surface area contributed by atoms with Crippen molar-refractivity contribution in [3.05, 3.63) is 59.7 Å². The molecule has 0 radical (unpaired) electrons. The van der Waals surface area contributed by atoms with Gasteiger partial charge in [-0.25, -0.2) is 0 Å². The first-order chi connectivity index (χ1) is 13.0. The number of aromatic nitrogens is 3. The maximum Gasteiger partial charge on any atom is 0.325 e. The Bertz CT molecular complexity index is 926. The van der Waals surface area contributed by atoms with E-state index in [9.17, 15) is 9.90 Å². The molecule has 0 aliphatic carbocycles. The number of benzene rings is 1. The Morgan fingerprint density at radius 2 is 2.19 bits per heavy atom. The van der Waals surface area contributed by atoms with Crippen molar-refractivity contribution in [2.45, 2.75) is 19.5 Å². The molecule has 0 bridgehead atoms. The molecule has 0 saturated carbocycles. The van der Waals surface area contributed by atoms with Gasteiger partial charge in [-0.05, 0) is 32.2 Å². The lowest BCUT2D eigenvalue weighted by Crippen LogP contribution is -2.31. The molecule has 3 rings (SSSR count). The van der Waals surface area contributed by atoms with Crippen molar-refractivity contribution in [1.29, 1.82) is 0 Å². The summed E-state index contributed by atoms with van der Waals surface area (Å²) in [6, 6.07) is 8.13. The summed E-state index contributed by atoms with van der Waals surface area (Å²) >= 11 is 0. The molecule has 0 unspecified atom stereocenters. The number of aliphatic carboxylic acids is 1. The number of pyridine rings is 1. The van der Waals surface area contributed by atoms with E-state index in [0.29, 0.717) is 23.0 Å². The number of carbonyl (C=O) groups is 1. The summed E-state index contributed by atoms with van der Waals surface area (Å²) in [4.78, 5) is 21.9. The monoisotopic (exact) mass is 368 g/mol. The molecule has 8 heteroatoms. The highest BCUT2D eigenvalue weighted by Gasteiger charge is 2.29. The number of hydrogen-bond donors (Lipinski definition) is 1. The summed E-state index contributed by atoms with van der Waals surface area (Å²) in [6.07, 6.45) is 3.29. The van der Waals surface area contributed by atoms with E-state index in [0.717, 1.165) is 11.1 Å². The minimum Gasteiger partial charge on any atom is -0.496 e. The third-order valence-electron chi connectivity index (χ3n) is 4.13. The van der Waals surface area contributed by atoms with Crippen molar-refractivity contribution in [2.75, 3.05) is 14.2 Å². The fraction of sp³-hybridized carbons (Fsp3) is 0.263. The summed E-state index contributed by atoms with van der Waals surface area (Å²) in [7, 11) is 3.21. The van der Waals surface area contributed by atoms with Crippen molar-refractivity contribution < 1.29 is 19.2 Å². The van der Waals surface area contributed by atoms with Crippen molar-refractivity contribution in [1.82, 2.24) is 20.0 Å². The van der Waals surface area contributed by atoms with E-state index in [2.05, 4.69) is 15.1 Å². The van der Waals surface area contributed by atoms with Gasteiger partial charge in [-0.15, -0.1) is 0 Å². The normalized spacial score (nSPS) is 12.1. The maximum atomic E-state index is 12.0. The number of aryl methyl sites for hydroxylation is 1. The molecule has 1 atom stereocenters. The van der Waals surface area contributed by atoms with Gasteiger partial charge in [0.05, 0.1) is 13.7 Å². The number of hydrogen-bond acceptors (Lipinski definition) is 7. The third-order valence-corrected chi connectivity index (χ3v) is 4.13. The van der Waals surface area contributed by atoms with Gasteiger partial charge in [0.25, 0.3) is 0 Å². The average Bonchev–Trinajstić information content (AvgIpc) is 3.11. The number of carboxylic acids is 1. The first-order valence-electron chi connectivity index (χ1n) is 8.30. The summed E-state index contributed by atoms with van der Waals surface area (Å²) in [5.41, 5.74) is 2.24. The van der Waals surface area contributed by atoms with Crippen LogP contribution in [0.2, 0.25) is 0 Å². The molecule has 1 N–H and O–H groups in total. The molecule has 0 spiro atoms. The minimum absolute atomic E-state index is 0.168. The molecule has 27 heavy (non-hydrogen) atoms. The summed E-state index contributed by atoms with van der Waals surface area (Å²) in [5, 5.41) is 13.7. The standard InChI is InChI=1S/C19H20N4O4/c1-12-6-7-15(26-3)14(9-12)17(19(24)25)23(2)11-16-21-18(22-27-16)13-5-4-8-20-10-13/h4-10,17H,11H2,1-3H3,(H,24,25)/t17-/m0/s1. The van der Waals surface area contributed by atoms with Crippen LogP contribution in [0.25, 0.3) is 11.4 Å². The Labute approximate surface area is 156 Å². The molecule has 0 aliphatic rings. The second kappa shape index (κ2) is 7.96. The van der Waals surface area contributed by atoms with Gasteiger partial charge in [0, 0.05) is 23.5 Å². The van der Waals surface area contributed by atoms with Crippen LogP contribution < -0.4 is 4.74 Å². The van der Waals surface area contributed by atoms with Gasteiger partial charge in [-0.2, -0.15) is 4.98 Å². The van der Waals surface area contributed by atoms with Crippen LogP contribution in [-0.4, -0.2) is 45.3 Å².